The number of hydrogen-bond donors (Lipinski definition) is 1. The van der Waals surface area contributed by atoms with Gasteiger partial charge < -0.3 is 9.88 Å². The second-order valence-corrected chi connectivity index (χ2v) is 6.70. The molecule has 22 heavy (non-hydrogen) atoms. The second kappa shape index (κ2) is 7.45. The number of rotatable bonds is 6. The highest BCUT2D eigenvalue weighted by atomic mass is 32.2. The first-order valence-electron chi connectivity index (χ1n) is 7.33. The van der Waals surface area contributed by atoms with Crippen molar-refractivity contribution >= 4 is 23.4 Å². The van der Waals surface area contributed by atoms with Gasteiger partial charge in [-0.2, -0.15) is 0 Å². The lowest BCUT2D eigenvalue weighted by molar-refractivity contribution is -0.113. The van der Waals surface area contributed by atoms with Gasteiger partial charge in [0.1, 0.15) is 5.82 Å². The second-order valence-electron chi connectivity index (χ2n) is 5.76. The van der Waals surface area contributed by atoms with Crippen LogP contribution in [-0.4, -0.2) is 26.4 Å². The fourth-order valence-corrected chi connectivity index (χ4v) is 2.79. The summed E-state index contributed by atoms with van der Waals surface area (Å²) in [7, 11) is 1.94. The first-order valence-corrected chi connectivity index (χ1v) is 8.32. The number of amides is 1. The largest absolute Gasteiger partial charge is 0.325 e. The molecule has 2 aromatic rings. The number of carbonyl (C=O) groups excluding carboxylic acids is 1. The summed E-state index contributed by atoms with van der Waals surface area (Å²) < 4.78 is 1.96. The van der Waals surface area contributed by atoms with E-state index in [-0.39, 0.29) is 5.91 Å². The maximum atomic E-state index is 12.0. The number of carbonyl (C=O) groups is 1. The Morgan fingerprint density at radius 2 is 2.14 bits per heavy atom. The molecule has 0 aliphatic heterocycles. The van der Waals surface area contributed by atoms with Crippen LogP contribution in [0.2, 0.25) is 0 Å². The molecule has 6 heteroatoms. The van der Waals surface area contributed by atoms with Gasteiger partial charge in [0.25, 0.3) is 0 Å². The van der Waals surface area contributed by atoms with E-state index in [9.17, 15) is 4.79 Å². The van der Waals surface area contributed by atoms with Crippen molar-refractivity contribution in [1.29, 1.82) is 0 Å². The molecule has 0 fully saturated rings. The summed E-state index contributed by atoms with van der Waals surface area (Å²) in [5, 5.41) is 12.0. The molecule has 0 atom stereocenters. The topological polar surface area (TPSA) is 59.8 Å². The summed E-state index contributed by atoms with van der Waals surface area (Å²) in [5.74, 6) is 1.77. The van der Waals surface area contributed by atoms with Crippen LogP contribution in [0.5, 0.6) is 0 Å². The van der Waals surface area contributed by atoms with E-state index in [1.807, 2.05) is 42.8 Å². The molecule has 1 aromatic carbocycles. The van der Waals surface area contributed by atoms with Gasteiger partial charge in [0.15, 0.2) is 5.16 Å². The summed E-state index contributed by atoms with van der Waals surface area (Å²) in [5.41, 5.74) is 1.95. The van der Waals surface area contributed by atoms with Crippen LogP contribution >= 0.6 is 11.8 Å². The van der Waals surface area contributed by atoms with E-state index in [2.05, 4.69) is 29.4 Å². The molecular weight excluding hydrogens is 296 g/mol. The minimum Gasteiger partial charge on any atom is -0.325 e. The molecule has 0 aliphatic carbocycles. The van der Waals surface area contributed by atoms with Crippen LogP contribution in [0.4, 0.5) is 5.69 Å². The van der Waals surface area contributed by atoms with Crippen molar-refractivity contribution in [2.24, 2.45) is 13.0 Å². The Morgan fingerprint density at radius 3 is 2.82 bits per heavy atom. The van der Waals surface area contributed by atoms with Crippen molar-refractivity contribution in [3.8, 4) is 0 Å². The third kappa shape index (κ3) is 4.59. The summed E-state index contributed by atoms with van der Waals surface area (Å²) in [6.07, 6.45) is 0.888. The summed E-state index contributed by atoms with van der Waals surface area (Å²) in [6, 6.07) is 7.77. The Labute approximate surface area is 135 Å². The first kappa shape index (κ1) is 16.5. The highest BCUT2D eigenvalue weighted by Crippen LogP contribution is 2.18. The molecule has 2 rings (SSSR count). The fourth-order valence-electron chi connectivity index (χ4n) is 2.06. The molecule has 5 nitrogen and oxygen atoms in total. The summed E-state index contributed by atoms with van der Waals surface area (Å²) in [6.45, 7) is 6.30. The maximum Gasteiger partial charge on any atom is 0.234 e. The molecule has 118 valence electrons. The van der Waals surface area contributed by atoms with Gasteiger partial charge in [-0.3, -0.25) is 4.79 Å². The van der Waals surface area contributed by atoms with E-state index in [4.69, 9.17) is 0 Å². The monoisotopic (exact) mass is 318 g/mol. The van der Waals surface area contributed by atoms with Crippen LogP contribution in [0.1, 0.15) is 25.2 Å². The van der Waals surface area contributed by atoms with E-state index in [1.54, 1.807) is 0 Å². The first-order chi connectivity index (χ1) is 10.5. The molecule has 0 aliphatic rings. The molecule has 1 heterocycles. The Bertz CT molecular complexity index is 651. The van der Waals surface area contributed by atoms with Gasteiger partial charge in [-0.05, 0) is 30.5 Å². The third-order valence-corrected chi connectivity index (χ3v) is 4.17. The van der Waals surface area contributed by atoms with E-state index in [0.29, 0.717) is 11.7 Å². The number of thioether (sulfide) groups is 1. The molecule has 0 bridgehead atoms. The van der Waals surface area contributed by atoms with Crippen LogP contribution in [0, 0.1) is 12.8 Å². The van der Waals surface area contributed by atoms with Gasteiger partial charge >= 0.3 is 0 Å². The molecule has 0 unspecified atom stereocenters. The molecule has 1 aromatic heterocycles. The molecule has 1 amide bonds. The van der Waals surface area contributed by atoms with E-state index < -0.39 is 0 Å². The Balaban J connectivity index is 1.90. The number of anilines is 1. The summed E-state index contributed by atoms with van der Waals surface area (Å²) in [4.78, 5) is 12.0. The van der Waals surface area contributed by atoms with Crippen LogP contribution in [0.15, 0.2) is 29.4 Å². The Hall–Kier alpha value is -1.82. The molecule has 0 radical (unpaired) electrons. The van der Waals surface area contributed by atoms with Crippen molar-refractivity contribution in [2.45, 2.75) is 32.3 Å². The number of aryl methyl sites for hydroxylation is 1. The minimum absolute atomic E-state index is 0.0380. The molecule has 0 saturated heterocycles. The van der Waals surface area contributed by atoms with E-state index in [1.165, 1.54) is 11.8 Å². The molecule has 0 saturated carbocycles. The minimum atomic E-state index is -0.0380. The SMILES string of the molecule is Cc1cccc(NC(=O)CSc2nnc(CC(C)C)n2C)c1. The predicted molar refractivity (Wildman–Crippen MR) is 90.1 cm³/mol. The zero-order valence-corrected chi connectivity index (χ0v) is 14.3. The maximum absolute atomic E-state index is 12.0. The predicted octanol–water partition coefficient (Wildman–Crippen LogP) is 3.05. The van der Waals surface area contributed by atoms with Crippen molar-refractivity contribution in [3.05, 3.63) is 35.7 Å². The van der Waals surface area contributed by atoms with Gasteiger partial charge in [-0.1, -0.05) is 37.7 Å². The van der Waals surface area contributed by atoms with Crippen molar-refractivity contribution < 1.29 is 4.79 Å². The quantitative estimate of drug-likeness (QED) is 0.832. The number of nitrogens with one attached hydrogen (secondary N) is 1. The van der Waals surface area contributed by atoms with Crippen molar-refractivity contribution in [3.63, 3.8) is 0 Å². The van der Waals surface area contributed by atoms with Crippen LogP contribution in [-0.2, 0) is 18.3 Å². The molecule has 0 spiro atoms. The Morgan fingerprint density at radius 1 is 1.36 bits per heavy atom. The van der Waals surface area contributed by atoms with Crippen LogP contribution in [0.25, 0.3) is 0 Å². The molecule has 1 N–H and O–H groups in total. The van der Waals surface area contributed by atoms with Crippen LogP contribution in [0.3, 0.4) is 0 Å². The zero-order valence-electron chi connectivity index (χ0n) is 13.5. The van der Waals surface area contributed by atoms with Gasteiger partial charge in [0, 0.05) is 19.2 Å². The van der Waals surface area contributed by atoms with Gasteiger partial charge in [-0.15, -0.1) is 10.2 Å². The zero-order chi connectivity index (χ0) is 16.1. The smallest absolute Gasteiger partial charge is 0.234 e. The lowest BCUT2D eigenvalue weighted by Crippen LogP contribution is -2.14. The highest BCUT2D eigenvalue weighted by molar-refractivity contribution is 7.99. The van der Waals surface area contributed by atoms with Gasteiger partial charge in [-0.25, -0.2) is 0 Å². The lowest BCUT2D eigenvalue weighted by Gasteiger charge is -2.07. The third-order valence-electron chi connectivity index (χ3n) is 3.15. The van der Waals surface area contributed by atoms with Crippen LogP contribution < -0.4 is 5.32 Å². The van der Waals surface area contributed by atoms with Crippen molar-refractivity contribution in [1.82, 2.24) is 14.8 Å². The summed E-state index contributed by atoms with van der Waals surface area (Å²) >= 11 is 1.40. The number of aromatic nitrogens is 3. The standard InChI is InChI=1S/C16H22N4OS/c1-11(2)8-14-18-19-16(20(14)4)22-10-15(21)17-13-7-5-6-12(3)9-13/h5-7,9,11H,8,10H2,1-4H3,(H,17,21). The fraction of sp³-hybridized carbons (Fsp3) is 0.438. The van der Waals surface area contributed by atoms with E-state index in [0.717, 1.165) is 28.7 Å². The number of hydrogen-bond acceptors (Lipinski definition) is 4. The average molecular weight is 318 g/mol. The number of benzene rings is 1. The van der Waals surface area contributed by atoms with Gasteiger partial charge in [0.05, 0.1) is 5.75 Å². The normalized spacial score (nSPS) is 11.0. The highest BCUT2D eigenvalue weighted by Gasteiger charge is 2.12. The Kier molecular flexibility index (Phi) is 5.60. The van der Waals surface area contributed by atoms with Crippen molar-refractivity contribution in [2.75, 3.05) is 11.1 Å². The molecular formula is C16H22N4OS. The van der Waals surface area contributed by atoms with Gasteiger partial charge in [0.2, 0.25) is 5.91 Å². The van der Waals surface area contributed by atoms with E-state index >= 15 is 0 Å². The number of nitrogens with zero attached hydrogens (tertiary/aromatic N) is 3. The average Bonchev–Trinajstić information content (AvgIpc) is 2.77. The lowest BCUT2D eigenvalue weighted by atomic mass is 10.1.